The summed E-state index contributed by atoms with van der Waals surface area (Å²) in [5.74, 6) is 0.199. The van der Waals surface area contributed by atoms with Crippen LogP contribution in [0.2, 0.25) is 0 Å². The minimum Gasteiger partial charge on any atom is -0.371 e. The number of alkyl halides is 1. The van der Waals surface area contributed by atoms with E-state index in [1.165, 1.54) is 31.1 Å². The van der Waals surface area contributed by atoms with Gasteiger partial charge in [-0.1, -0.05) is 0 Å². The minimum absolute atomic E-state index is 0.166. The summed E-state index contributed by atoms with van der Waals surface area (Å²) in [6.45, 7) is 4.47. The average molecular weight is 268 g/mol. The zero-order chi connectivity index (χ0) is 14.4. The van der Waals surface area contributed by atoms with Gasteiger partial charge < -0.3 is 10.0 Å². The molecule has 2 rings (SSSR count). The third-order valence-electron chi connectivity index (χ3n) is 3.32. The van der Waals surface area contributed by atoms with Crippen molar-refractivity contribution in [3.8, 4) is 0 Å². The molecule has 19 heavy (non-hydrogen) atoms. The van der Waals surface area contributed by atoms with E-state index < -0.39 is 11.9 Å². The molecule has 1 saturated heterocycles. The fourth-order valence-corrected chi connectivity index (χ4v) is 1.91. The van der Waals surface area contributed by atoms with E-state index in [1.807, 2.05) is 0 Å². The van der Waals surface area contributed by atoms with E-state index in [0.717, 1.165) is 4.90 Å². The third-order valence-corrected chi connectivity index (χ3v) is 3.32. The number of hydrogen-bond donors (Lipinski definition) is 1. The Morgan fingerprint density at radius 1 is 1.42 bits per heavy atom. The number of aliphatic hydroxyl groups excluding tert-OH is 1. The topological polar surface area (TPSA) is 69.6 Å². The largest absolute Gasteiger partial charge is 0.371 e. The molecule has 1 fully saturated rings. The van der Waals surface area contributed by atoms with Crippen molar-refractivity contribution in [2.75, 3.05) is 11.9 Å². The monoisotopic (exact) mass is 268 g/mol. The SMILES string of the molecule is C[C@H]1C(O)N(c2cc(C(C)(C)F)ncn2)C(=O)N1C. The zero-order valence-electron chi connectivity index (χ0n) is 11.3. The van der Waals surface area contributed by atoms with E-state index >= 15 is 0 Å². The van der Waals surface area contributed by atoms with Crippen molar-refractivity contribution in [1.82, 2.24) is 14.9 Å². The van der Waals surface area contributed by atoms with Crippen LogP contribution >= 0.6 is 0 Å². The normalized spacial score (nSPS) is 24.2. The number of halogens is 1. The second-order valence-electron chi connectivity index (χ2n) is 5.15. The molecule has 1 aromatic heterocycles. The summed E-state index contributed by atoms with van der Waals surface area (Å²) in [6, 6.07) is 0.651. The molecule has 7 heteroatoms. The number of aromatic nitrogens is 2. The number of carbonyl (C=O) groups is 1. The highest BCUT2D eigenvalue weighted by Gasteiger charge is 2.42. The van der Waals surface area contributed by atoms with Crippen molar-refractivity contribution >= 4 is 11.8 Å². The molecule has 2 atom stereocenters. The van der Waals surface area contributed by atoms with Gasteiger partial charge in [-0.15, -0.1) is 0 Å². The van der Waals surface area contributed by atoms with Crippen LogP contribution in [0.1, 0.15) is 26.5 Å². The summed E-state index contributed by atoms with van der Waals surface area (Å²) >= 11 is 0. The fourth-order valence-electron chi connectivity index (χ4n) is 1.91. The van der Waals surface area contributed by atoms with E-state index in [0.29, 0.717) is 0 Å². The van der Waals surface area contributed by atoms with Gasteiger partial charge in [0.2, 0.25) is 0 Å². The Balaban J connectivity index is 2.40. The molecule has 2 heterocycles. The molecule has 0 aliphatic carbocycles. The van der Waals surface area contributed by atoms with Gasteiger partial charge in [-0.05, 0) is 20.8 Å². The third kappa shape index (κ3) is 2.25. The van der Waals surface area contributed by atoms with Crippen molar-refractivity contribution in [2.45, 2.75) is 38.7 Å². The van der Waals surface area contributed by atoms with E-state index in [-0.39, 0.29) is 23.6 Å². The lowest BCUT2D eigenvalue weighted by molar-refractivity contribution is 0.138. The van der Waals surface area contributed by atoms with Crippen molar-refractivity contribution < 1.29 is 14.3 Å². The number of rotatable bonds is 2. The molecule has 0 saturated carbocycles. The second-order valence-corrected chi connectivity index (χ2v) is 5.15. The summed E-state index contributed by atoms with van der Waals surface area (Å²) in [5.41, 5.74) is -1.47. The predicted octanol–water partition coefficient (Wildman–Crippen LogP) is 1.26. The van der Waals surface area contributed by atoms with Crippen LogP contribution in [-0.2, 0) is 5.67 Å². The number of aliphatic hydroxyl groups is 1. The maximum absolute atomic E-state index is 13.9. The first-order valence-electron chi connectivity index (χ1n) is 5.99. The lowest BCUT2D eigenvalue weighted by Gasteiger charge is -2.20. The maximum atomic E-state index is 13.9. The summed E-state index contributed by atoms with van der Waals surface area (Å²) in [5, 5.41) is 10.1. The maximum Gasteiger partial charge on any atom is 0.328 e. The summed E-state index contributed by atoms with van der Waals surface area (Å²) in [4.78, 5) is 22.4. The standard InChI is InChI=1S/C12H17FN4O2/c1-7-10(18)17(11(19)16(7)4)9-5-8(12(2,3)13)14-6-15-9/h5-7,10,18H,1-4H3/t7-,10?/m0/s1. The number of anilines is 1. The van der Waals surface area contributed by atoms with Gasteiger partial charge in [0.25, 0.3) is 0 Å². The quantitative estimate of drug-likeness (QED) is 0.876. The molecule has 0 aromatic carbocycles. The molecular weight excluding hydrogens is 251 g/mol. The van der Waals surface area contributed by atoms with Gasteiger partial charge in [0.1, 0.15) is 17.8 Å². The van der Waals surface area contributed by atoms with E-state index in [9.17, 15) is 14.3 Å². The van der Waals surface area contributed by atoms with Crippen molar-refractivity contribution in [3.05, 3.63) is 18.1 Å². The molecule has 1 unspecified atom stereocenters. The number of carbonyl (C=O) groups excluding carboxylic acids is 1. The predicted molar refractivity (Wildman–Crippen MR) is 67.3 cm³/mol. The highest BCUT2D eigenvalue weighted by Crippen LogP contribution is 2.29. The fraction of sp³-hybridized carbons (Fsp3) is 0.583. The Morgan fingerprint density at radius 3 is 2.53 bits per heavy atom. The highest BCUT2D eigenvalue weighted by molar-refractivity contribution is 5.94. The average Bonchev–Trinajstić information content (AvgIpc) is 2.53. The number of nitrogens with zero attached hydrogens (tertiary/aromatic N) is 4. The van der Waals surface area contributed by atoms with Crippen molar-refractivity contribution in [1.29, 1.82) is 0 Å². The first-order valence-corrected chi connectivity index (χ1v) is 5.99. The van der Waals surface area contributed by atoms with Gasteiger partial charge in [-0.2, -0.15) is 0 Å². The molecule has 0 bridgehead atoms. The Bertz CT molecular complexity index is 503. The van der Waals surface area contributed by atoms with Gasteiger partial charge >= 0.3 is 6.03 Å². The molecule has 6 nitrogen and oxygen atoms in total. The first-order chi connectivity index (χ1) is 8.73. The Labute approximate surface area is 110 Å². The van der Waals surface area contributed by atoms with Crippen LogP contribution in [0, 0.1) is 0 Å². The van der Waals surface area contributed by atoms with Crippen LogP contribution < -0.4 is 4.90 Å². The molecule has 0 radical (unpaired) electrons. The van der Waals surface area contributed by atoms with Crippen LogP contribution in [0.25, 0.3) is 0 Å². The molecule has 2 amide bonds. The molecule has 0 spiro atoms. The van der Waals surface area contributed by atoms with Crippen LogP contribution in [0.15, 0.2) is 12.4 Å². The van der Waals surface area contributed by atoms with Gasteiger partial charge in [0.15, 0.2) is 6.23 Å². The lowest BCUT2D eigenvalue weighted by Crippen LogP contribution is -2.36. The number of hydrogen-bond acceptors (Lipinski definition) is 4. The van der Waals surface area contributed by atoms with Crippen LogP contribution in [0.3, 0.4) is 0 Å². The molecule has 1 aliphatic heterocycles. The van der Waals surface area contributed by atoms with Crippen molar-refractivity contribution in [2.24, 2.45) is 0 Å². The summed E-state index contributed by atoms with van der Waals surface area (Å²) in [6.07, 6.45) is 0.178. The van der Waals surface area contributed by atoms with Crippen LogP contribution in [-0.4, -0.2) is 45.3 Å². The number of amides is 2. The van der Waals surface area contributed by atoms with Crippen LogP contribution in [0.4, 0.5) is 15.0 Å². The molecule has 1 aliphatic rings. The molecular formula is C12H17FN4O2. The molecule has 1 N–H and O–H groups in total. The van der Waals surface area contributed by atoms with Gasteiger partial charge in [-0.3, -0.25) is 0 Å². The number of likely N-dealkylation sites (N-methyl/N-ethyl adjacent to an activating group) is 1. The van der Waals surface area contributed by atoms with E-state index in [1.54, 1.807) is 14.0 Å². The highest BCUT2D eigenvalue weighted by atomic mass is 19.1. The van der Waals surface area contributed by atoms with Gasteiger partial charge in [-0.25, -0.2) is 24.1 Å². The minimum atomic E-state index is -1.64. The number of urea groups is 1. The van der Waals surface area contributed by atoms with Crippen LogP contribution in [0.5, 0.6) is 0 Å². The Kier molecular flexibility index (Phi) is 3.17. The smallest absolute Gasteiger partial charge is 0.328 e. The van der Waals surface area contributed by atoms with Gasteiger partial charge in [0, 0.05) is 13.1 Å². The first kappa shape index (κ1) is 13.7. The molecule has 104 valence electrons. The van der Waals surface area contributed by atoms with Crippen molar-refractivity contribution in [3.63, 3.8) is 0 Å². The molecule has 1 aromatic rings. The van der Waals surface area contributed by atoms with E-state index in [4.69, 9.17) is 0 Å². The second kappa shape index (κ2) is 4.41. The zero-order valence-corrected chi connectivity index (χ0v) is 11.3. The Morgan fingerprint density at radius 2 is 2.05 bits per heavy atom. The Hall–Kier alpha value is -1.76. The van der Waals surface area contributed by atoms with Gasteiger partial charge in [0.05, 0.1) is 11.7 Å². The summed E-state index contributed by atoms with van der Waals surface area (Å²) in [7, 11) is 1.59. The lowest BCUT2D eigenvalue weighted by atomic mass is 10.1. The summed E-state index contributed by atoms with van der Waals surface area (Å²) < 4.78 is 13.9. The van der Waals surface area contributed by atoms with E-state index in [2.05, 4.69) is 9.97 Å².